The summed E-state index contributed by atoms with van der Waals surface area (Å²) >= 11 is 0. The highest BCUT2D eigenvalue weighted by atomic mass is 28.4. The average molecular weight is 232 g/mol. The quantitative estimate of drug-likeness (QED) is 0.307. The van der Waals surface area contributed by atoms with Crippen molar-refractivity contribution in [3.63, 3.8) is 0 Å². The van der Waals surface area contributed by atoms with Crippen molar-refractivity contribution in [2.75, 3.05) is 6.61 Å². The topological polar surface area (TPSA) is 35.5 Å². The van der Waals surface area contributed by atoms with Crippen LogP contribution >= 0.6 is 0 Å². The summed E-state index contributed by atoms with van der Waals surface area (Å²) in [5, 5.41) is 0.667. The van der Waals surface area contributed by atoms with Crippen LogP contribution in [0.15, 0.2) is 11.5 Å². The molecule has 0 aromatic carbocycles. The van der Waals surface area contributed by atoms with E-state index in [1.165, 1.54) is 0 Å². The van der Waals surface area contributed by atoms with Gasteiger partial charge in [0.1, 0.15) is 0 Å². The maximum atomic E-state index is 11.3. The predicted octanol–water partition coefficient (Wildman–Crippen LogP) is 0.998. The molecule has 14 heavy (non-hydrogen) atoms. The summed E-state index contributed by atoms with van der Waals surface area (Å²) in [6, 6.07) is 0. The van der Waals surface area contributed by atoms with Crippen molar-refractivity contribution in [1.29, 1.82) is 0 Å². The van der Waals surface area contributed by atoms with Gasteiger partial charge in [-0.1, -0.05) is 6.92 Å². The van der Waals surface area contributed by atoms with Crippen LogP contribution in [0.4, 0.5) is 0 Å². The molecule has 0 spiro atoms. The Morgan fingerprint density at radius 1 is 1.43 bits per heavy atom. The lowest BCUT2D eigenvalue weighted by molar-refractivity contribution is -0.138. The van der Waals surface area contributed by atoms with Gasteiger partial charge in [-0.3, -0.25) is 0 Å². The van der Waals surface area contributed by atoms with Crippen molar-refractivity contribution < 1.29 is 14.0 Å². The first kappa shape index (κ1) is 13.4. The number of esters is 1. The van der Waals surface area contributed by atoms with E-state index in [0.717, 1.165) is 6.42 Å². The van der Waals surface area contributed by atoms with E-state index in [0.29, 0.717) is 22.0 Å². The Morgan fingerprint density at radius 2 is 2.00 bits per heavy atom. The molecule has 0 aromatic heterocycles. The molecule has 0 aliphatic rings. The summed E-state index contributed by atoms with van der Waals surface area (Å²) in [7, 11) is -0.892. The number of hydrogen-bond acceptors (Lipinski definition) is 3. The molecule has 0 aliphatic carbocycles. The van der Waals surface area contributed by atoms with Crippen LogP contribution in [0.1, 0.15) is 13.3 Å². The van der Waals surface area contributed by atoms with Gasteiger partial charge in [-0.15, -0.1) is 0 Å². The van der Waals surface area contributed by atoms with Crippen molar-refractivity contribution in [1.82, 2.24) is 0 Å². The number of ether oxygens (including phenoxy) is 1. The van der Waals surface area contributed by atoms with Crippen LogP contribution in [0, 0.1) is 0 Å². The van der Waals surface area contributed by atoms with E-state index >= 15 is 0 Å². The zero-order valence-corrected chi connectivity index (χ0v) is 12.7. The molecule has 0 heterocycles. The van der Waals surface area contributed by atoms with Gasteiger partial charge < -0.3 is 9.16 Å². The molecule has 0 saturated heterocycles. The lowest BCUT2D eigenvalue weighted by Crippen LogP contribution is -2.23. The van der Waals surface area contributed by atoms with Crippen LogP contribution in [-0.4, -0.2) is 31.1 Å². The highest BCUT2D eigenvalue weighted by molar-refractivity contribution is 6.70. The molecule has 0 atom stereocenters. The minimum atomic E-state index is -1.56. The molecule has 0 aliphatic heterocycles. The van der Waals surface area contributed by atoms with Gasteiger partial charge in [0, 0.05) is 5.20 Å². The van der Waals surface area contributed by atoms with Crippen LogP contribution in [0.25, 0.3) is 0 Å². The highest BCUT2D eigenvalue weighted by Crippen LogP contribution is 2.05. The van der Waals surface area contributed by atoms with E-state index in [4.69, 9.17) is 9.16 Å². The molecular formula is C9H20O3Si2. The standard InChI is InChI=1S/C9H20O3Si2/c1-5-6-11-9(10)8(13)7-12-14(2,3)4/h7H,5-6H2,1-4,13H3. The molecule has 0 bridgehead atoms. The third-order valence-electron chi connectivity index (χ3n) is 1.35. The largest absolute Gasteiger partial charge is 0.550 e. The second kappa shape index (κ2) is 6.03. The zero-order chi connectivity index (χ0) is 11.2. The smallest absolute Gasteiger partial charge is 0.331 e. The molecule has 0 aromatic rings. The van der Waals surface area contributed by atoms with Crippen LogP contribution in [0.2, 0.25) is 19.6 Å². The average Bonchev–Trinajstić information content (AvgIpc) is 2.09. The monoisotopic (exact) mass is 232 g/mol. The fraction of sp³-hybridized carbons (Fsp3) is 0.667. The molecule has 82 valence electrons. The first-order valence-corrected chi connectivity index (χ1v) is 9.29. The number of hydrogen-bond donors (Lipinski definition) is 0. The van der Waals surface area contributed by atoms with Gasteiger partial charge in [0.15, 0.2) is 0 Å². The van der Waals surface area contributed by atoms with Gasteiger partial charge in [-0.2, -0.15) is 0 Å². The summed E-state index contributed by atoms with van der Waals surface area (Å²) in [5.41, 5.74) is 0. The summed E-state index contributed by atoms with van der Waals surface area (Å²) in [5.74, 6) is -0.225. The molecule has 3 nitrogen and oxygen atoms in total. The number of carbonyl (C=O) groups excluding carboxylic acids is 1. The third kappa shape index (κ3) is 6.91. The van der Waals surface area contributed by atoms with Crippen molar-refractivity contribution in [3.05, 3.63) is 11.5 Å². The Balaban J connectivity index is 4.04. The molecule has 0 radical (unpaired) electrons. The van der Waals surface area contributed by atoms with Gasteiger partial charge in [0.05, 0.1) is 23.1 Å². The van der Waals surface area contributed by atoms with Crippen LogP contribution < -0.4 is 0 Å². The van der Waals surface area contributed by atoms with Crippen molar-refractivity contribution in [3.8, 4) is 0 Å². The SMILES string of the molecule is CCCOC(=O)C([SiH3])=CO[Si](C)(C)C. The number of carbonyl (C=O) groups is 1. The van der Waals surface area contributed by atoms with E-state index in [1.807, 2.05) is 6.92 Å². The number of rotatable bonds is 5. The molecule has 5 heteroatoms. The van der Waals surface area contributed by atoms with E-state index in [9.17, 15) is 4.79 Å². The maximum absolute atomic E-state index is 11.3. The second-order valence-electron chi connectivity index (χ2n) is 4.17. The lowest BCUT2D eigenvalue weighted by Gasteiger charge is -2.15. The third-order valence-corrected chi connectivity index (χ3v) is 2.82. The van der Waals surface area contributed by atoms with Gasteiger partial charge in [0.25, 0.3) is 0 Å². The van der Waals surface area contributed by atoms with E-state index in [-0.39, 0.29) is 5.97 Å². The van der Waals surface area contributed by atoms with Crippen LogP contribution in [0.3, 0.4) is 0 Å². The van der Waals surface area contributed by atoms with Gasteiger partial charge in [-0.05, 0) is 26.1 Å². The Kier molecular flexibility index (Phi) is 5.79. The summed E-state index contributed by atoms with van der Waals surface area (Å²) < 4.78 is 10.5. The van der Waals surface area contributed by atoms with Gasteiger partial charge >= 0.3 is 5.97 Å². The van der Waals surface area contributed by atoms with Crippen LogP contribution in [0.5, 0.6) is 0 Å². The van der Waals surface area contributed by atoms with Gasteiger partial charge in [0.2, 0.25) is 8.32 Å². The van der Waals surface area contributed by atoms with Crippen molar-refractivity contribution in [2.45, 2.75) is 33.0 Å². The minimum Gasteiger partial charge on any atom is -0.550 e. The van der Waals surface area contributed by atoms with Gasteiger partial charge in [-0.25, -0.2) is 4.79 Å². The highest BCUT2D eigenvalue weighted by Gasteiger charge is 2.14. The molecule has 0 fully saturated rings. The summed E-state index contributed by atoms with van der Waals surface area (Å²) in [6.07, 6.45) is 2.44. The molecule has 0 amide bonds. The van der Waals surface area contributed by atoms with Crippen molar-refractivity contribution in [2.24, 2.45) is 0 Å². The second-order valence-corrected chi connectivity index (χ2v) is 9.70. The van der Waals surface area contributed by atoms with Crippen molar-refractivity contribution >= 4 is 24.5 Å². The molecule has 0 N–H and O–H groups in total. The molecule has 0 saturated carbocycles. The van der Waals surface area contributed by atoms with E-state index < -0.39 is 8.32 Å². The predicted molar refractivity (Wildman–Crippen MR) is 63.7 cm³/mol. The Labute approximate surface area is 90.0 Å². The lowest BCUT2D eigenvalue weighted by atomic mass is 10.5. The molecule has 0 rings (SSSR count). The van der Waals surface area contributed by atoms with Crippen LogP contribution in [-0.2, 0) is 14.0 Å². The summed E-state index contributed by atoms with van der Waals surface area (Å²) in [4.78, 5) is 11.3. The fourth-order valence-corrected chi connectivity index (χ4v) is 1.65. The Bertz CT molecular complexity index is 219. The minimum absolute atomic E-state index is 0.225. The summed E-state index contributed by atoms with van der Waals surface area (Å²) in [6.45, 7) is 8.70. The Morgan fingerprint density at radius 3 is 2.43 bits per heavy atom. The normalized spacial score (nSPS) is 12.7. The first-order valence-electron chi connectivity index (χ1n) is 4.88. The molecular weight excluding hydrogens is 212 g/mol. The fourth-order valence-electron chi connectivity index (χ4n) is 0.622. The maximum Gasteiger partial charge on any atom is 0.331 e. The van der Waals surface area contributed by atoms with E-state index in [1.54, 1.807) is 6.26 Å². The Hall–Kier alpha value is -0.556. The van der Waals surface area contributed by atoms with E-state index in [2.05, 4.69) is 19.6 Å². The first-order chi connectivity index (χ1) is 6.37. The molecule has 0 unspecified atom stereocenters. The zero-order valence-electron chi connectivity index (χ0n) is 9.72.